The highest BCUT2D eigenvalue weighted by Crippen LogP contribution is 2.23. The Labute approximate surface area is 232 Å². The maximum Gasteiger partial charge on any atom is 0.255 e. The highest BCUT2D eigenvalue weighted by atomic mass is 32.2. The van der Waals surface area contributed by atoms with Gasteiger partial charge in [0.15, 0.2) is 0 Å². The Kier molecular flexibility index (Phi) is 9.90. The van der Waals surface area contributed by atoms with Gasteiger partial charge in [0.1, 0.15) is 0 Å². The minimum atomic E-state index is -3.66. The first-order valence-electron chi connectivity index (χ1n) is 13.4. The van der Waals surface area contributed by atoms with Crippen LogP contribution in [0.15, 0.2) is 53.4 Å². The van der Waals surface area contributed by atoms with Crippen LogP contribution in [0.4, 0.5) is 11.4 Å². The molecule has 1 aliphatic heterocycles. The first kappa shape index (κ1) is 30.3. The lowest BCUT2D eigenvalue weighted by atomic mass is 10.1. The lowest BCUT2D eigenvalue weighted by Gasteiger charge is -2.25. The SMILES string of the molecule is CC(C)CN(CC(C)C)S(=O)(=O)c1ccc(NC(=O)c2ccc(NC(=O)C3CC(=O)N(C(C)C)C3)cc2)cc1. The zero-order valence-electron chi connectivity index (χ0n) is 23.6. The van der Waals surface area contributed by atoms with E-state index in [-0.39, 0.29) is 46.9 Å². The van der Waals surface area contributed by atoms with Crippen molar-refractivity contribution in [1.29, 1.82) is 0 Å². The summed E-state index contributed by atoms with van der Waals surface area (Å²) in [6.07, 6.45) is 0.193. The standard InChI is InChI=1S/C29H40N4O5S/c1-19(2)16-32(17-20(3)4)39(37,38)26-13-11-25(12-14-26)30-28(35)22-7-9-24(10-8-22)31-29(36)23-15-27(34)33(18-23)21(5)6/h7-14,19-21,23H,15-18H2,1-6H3,(H,30,35)(H,31,36). The third-order valence-electron chi connectivity index (χ3n) is 6.45. The summed E-state index contributed by atoms with van der Waals surface area (Å²) in [6, 6.07) is 12.7. The number of carbonyl (C=O) groups excluding carboxylic acids is 3. The van der Waals surface area contributed by atoms with Crippen molar-refractivity contribution in [3.05, 3.63) is 54.1 Å². The van der Waals surface area contributed by atoms with Crippen LogP contribution in [0.5, 0.6) is 0 Å². The van der Waals surface area contributed by atoms with Gasteiger partial charge in [0.2, 0.25) is 21.8 Å². The molecule has 0 aromatic heterocycles. The van der Waals surface area contributed by atoms with E-state index in [2.05, 4.69) is 10.6 Å². The maximum atomic E-state index is 13.2. The summed E-state index contributed by atoms with van der Waals surface area (Å²) in [5, 5.41) is 5.60. The van der Waals surface area contributed by atoms with Crippen molar-refractivity contribution in [3.63, 3.8) is 0 Å². The van der Waals surface area contributed by atoms with E-state index >= 15 is 0 Å². The number of carbonyl (C=O) groups is 3. The predicted octanol–water partition coefficient (Wildman–Crippen LogP) is 4.44. The van der Waals surface area contributed by atoms with Crippen LogP contribution in [-0.2, 0) is 19.6 Å². The Morgan fingerprint density at radius 1 is 0.872 bits per heavy atom. The molecular weight excluding hydrogens is 516 g/mol. The van der Waals surface area contributed by atoms with Crippen molar-refractivity contribution in [2.75, 3.05) is 30.3 Å². The van der Waals surface area contributed by atoms with Crippen LogP contribution in [0.1, 0.15) is 58.3 Å². The molecule has 0 spiro atoms. The number of rotatable bonds is 11. The normalized spacial score (nSPS) is 16.0. The Bertz CT molecular complexity index is 1260. The maximum absolute atomic E-state index is 13.2. The summed E-state index contributed by atoms with van der Waals surface area (Å²) in [5.74, 6) is -0.626. The molecule has 0 bridgehead atoms. The second-order valence-corrected chi connectivity index (χ2v) is 13.1. The molecule has 3 rings (SSSR count). The van der Waals surface area contributed by atoms with Gasteiger partial charge in [0, 0.05) is 49.0 Å². The molecule has 1 saturated heterocycles. The number of likely N-dealkylation sites (tertiary alicyclic amines) is 1. The molecule has 9 nitrogen and oxygen atoms in total. The molecule has 0 aliphatic carbocycles. The summed E-state index contributed by atoms with van der Waals surface area (Å²) in [4.78, 5) is 39.4. The fourth-order valence-electron chi connectivity index (χ4n) is 4.50. The van der Waals surface area contributed by atoms with Crippen LogP contribution in [0, 0.1) is 17.8 Å². The monoisotopic (exact) mass is 556 g/mol. The second kappa shape index (κ2) is 12.7. The molecule has 0 radical (unpaired) electrons. The van der Waals surface area contributed by atoms with Crippen LogP contribution >= 0.6 is 0 Å². The molecule has 2 aromatic rings. The largest absolute Gasteiger partial charge is 0.339 e. The molecule has 1 heterocycles. The number of anilines is 2. The van der Waals surface area contributed by atoms with Gasteiger partial charge in [-0.3, -0.25) is 14.4 Å². The molecule has 39 heavy (non-hydrogen) atoms. The van der Waals surface area contributed by atoms with E-state index in [1.54, 1.807) is 41.3 Å². The number of hydrogen-bond donors (Lipinski definition) is 2. The molecule has 0 saturated carbocycles. The predicted molar refractivity (Wildman–Crippen MR) is 153 cm³/mol. The van der Waals surface area contributed by atoms with Gasteiger partial charge in [-0.25, -0.2) is 8.42 Å². The Hall–Kier alpha value is -3.24. The minimum absolute atomic E-state index is 0.0220. The summed E-state index contributed by atoms with van der Waals surface area (Å²) < 4.78 is 27.9. The number of nitrogens with zero attached hydrogens (tertiary/aromatic N) is 2. The lowest BCUT2D eigenvalue weighted by Crippen LogP contribution is -2.37. The molecule has 1 atom stereocenters. The molecule has 1 aliphatic rings. The van der Waals surface area contributed by atoms with Crippen molar-refractivity contribution < 1.29 is 22.8 Å². The molecule has 3 amide bonds. The van der Waals surface area contributed by atoms with E-state index in [0.29, 0.717) is 36.6 Å². The zero-order chi connectivity index (χ0) is 28.9. The van der Waals surface area contributed by atoms with Gasteiger partial charge in [-0.2, -0.15) is 4.31 Å². The van der Waals surface area contributed by atoms with E-state index in [4.69, 9.17) is 0 Å². The topological polar surface area (TPSA) is 116 Å². The van der Waals surface area contributed by atoms with Crippen molar-refractivity contribution in [2.45, 2.75) is 58.9 Å². The van der Waals surface area contributed by atoms with Crippen molar-refractivity contribution in [1.82, 2.24) is 9.21 Å². The van der Waals surface area contributed by atoms with Crippen molar-refractivity contribution in [3.8, 4) is 0 Å². The van der Waals surface area contributed by atoms with Gasteiger partial charge in [-0.15, -0.1) is 0 Å². The van der Waals surface area contributed by atoms with Gasteiger partial charge in [-0.1, -0.05) is 27.7 Å². The Balaban J connectivity index is 1.61. The number of benzene rings is 2. The third-order valence-corrected chi connectivity index (χ3v) is 8.30. The van der Waals surface area contributed by atoms with Crippen LogP contribution in [0.2, 0.25) is 0 Å². The molecular formula is C29H40N4O5S. The van der Waals surface area contributed by atoms with E-state index in [1.807, 2.05) is 41.5 Å². The van der Waals surface area contributed by atoms with Gasteiger partial charge >= 0.3 is 0 Å². The third kappa shape index (κ3) is 7.89. The van der Waals surface area contributed by atoms with Crippen molar-refractivity contribution >= 4 is 39.1 Å². The Morgan fingerprint density at radius 2 is 1.38 bits per heavy atom. The quantitative estimate of drug-likeness (QED) is 0.425. The van der Waals surface area contributed by atoms with Crippen molar-refractivity contribution in [2.24, 2.45) is 17.8 Å². The number of hydrogen-bond acceptors (Lipinski definition) is 5. The van der Waals surface area contributed by atoms with Crippen LogP contribution in [-0.4, -0.2) is 61.0 Å². The lowest BCUT2D eigenvalue weighted by molar-refractivity contribution is -0.129. The van der Waals surface area contributed by atoms with Gasteiger partial charge in [0.05, 0.1) is 10.8 Å². The average molecular weight is 557 g/mol. The first-order valence-corrected chi connectivity index (χ1v) is 14.8. The fraction of sp³-hybridized carbons (Fsp3) is 0.483. The first-order chi connectivity index (χ1) is 18.3. The van der Waals surface area contributed by atoms with Crippen LogP contribution in [0.3, 0.4) is 0 Å². The van der Waals surface area contributed by atoms with Crippen LogP contribution < -0.4 is 10.6 Å². The van der Waals surface area contributed by atoms with E-state index in [0.717, 1.165) is 0 Å². The summed E-state index contributed by atoms with van der Waals surface area (Å²) in [6.45, 7) is 13.1. The highest BCUT2D eigenvalue weighted by molar-refractivity contribution is 7.89. The minimum Gasteiger partial charge on any atom is -0.339 e. The van der Waals surface area contributed by atoms with Crippen LogP contribution in [0.25, 0.3) is 0 Å². The Morgan fingerprint density at radius 3 is 1.87 bits per heavy atom. The van der Waals surface area contributed by atoms with Gasteiger partial charge in [-0.05, 0) is 74.2 Å². The fourth-order valence-corrected chi connectivity index (χ4v) is 6.27. The van der Waals surface area contributed by atoms with Gasteiger partial charge in [0.25, 0.3) is 5.91 Å². The average Bonchev–Trinajstić information content (AvgIpc) is 3.26. The second-order valence-electron chi connectivity index (χ2n) is 11.2. The number of amides is 3. The molecule has 2 aromatic carbocycles. The van der Waals surface area contributed by atoms with E-state index in [1.165, 1.54) is 16.4 Å². The zero-order valence-corrected chi connectivity index (χ0v) is 24.4. The van der Waals surface area contributed by atoms with E-state index in [9.17, 15) is 22.8 Å². The smallest absolute Gasteiger partial charge is 0.255 e. The summed E-state index contributed by atoms with van der Waals surface area (Å²) in [7, 11) is -3.66. The number of sulfonamides is 1. The molecule has 1 fully saturated rings. The summed E-state index contributed by atoms with van der Waals surface area (Å²) >= 11 is 0. The highest BCUT2D eigenvalue weighted by Gasteiger charge is 2.35. The molecule has 212 valence electrons. The number of nitrogens with one attached hydrogen (secondary N) is 2. The molecule has 1 unspecified atom stereocenters. The van der Waals surface area contributed by atoms with E-state index < -0.39 is 15.9 Å². The van der Waals surface area contributed by atoms with Gasteiger partial charge < -0.3 is 15.5 Å². The molecule has 2 N–H and O–H groups in total. The molecule has 10 heteroatoms. The summed E-state index contributed by atoms with van der Waals surface area (Å²) in [5.41, 5.74) is 1.39.